The topological polar surface area (TPSA) is 36.3 Å². The second-order valence-electron chi connectivity index (χ2n) is 6.32. The van der Waals surface area contributed by atoms with E-state index in [1.165, 1.54) is 29.9 Å². The van der Waals surface area contributed by atoms with Crippen LogP contribution >= 0.6 is 0 Å². The summed E-state index contributed by atoms with van der Waals surface area (Å²) in [6.45, 7) is 3.18. The standard InChI is InChI=1S/C20H22N2O2/c1-14-20(22-12-4-3-5-19(22)21-14)15-6-7-18(13-15)24-17-10-8-16(23-2)9-11-17/h6,8-11,13H,3-5,7,12H2,1-2H3. The van der Waals surface area contributed by atoms with Crippen LogP contribution in [0.1, 0.15) is 36.5 Å². The minimum absolute atomic E-state index is 0.821. The molecule has 0 spiro atoms. The zero-order valence-electron chi connectivity index (χ0n) is 14.2. The van der Waals surface area contributed by atoms with E-state index in [9.17, 15) is 0 Å². The van der Waals surface area contributed by atoms with Gasteiger partial charge < -0.3 is 14.0 Å². The van der Waals surface area contributed by atoms with Gasteiger partial charge in [0.15, 0.2) is 0 Å². The molecule has 0 atom stereocenters. The van der Waals surface area contributed by atoms with Crippen LogP contribution in [0.3, 0.4) is 0 Å². The van der Waals surface area contributed by atoms with Crippen LogP contribution in [0.4, 0.5) is 0 Å². The second kappa shape index (κ2) is 6.19. The van der Waals surface area contributed by atoms with Crippen molar-refractivity contribution in [1.29, 1.82) is 0 Å². The molecule has 0 unspecified atom stereocenters. The molecule has 0 amide bonds. The molecular formula is C20H22N2O2. The van der Waals surface area contributed by atoms with Crippen molar-refractivity contribution in [3.8, 4) is 11.5 Å². The van der Waals surface area contributed by atoms with Crippen LogP contribution in [0.2, 0.25) is 0 Å². The van der Waals surface area contributed by atoms with Crippen molar-refractivity contribution in [2.75, 3.05) is 7.11 Å². The first kappa shape index (κ1) is 15.1. The molecule has 1 aromatic heterocycles. The van der Waals surface area contributed by atoms with Gasteiger partial charge >= 0.3 is 0 Å². The van der Waals surface area contributed by atoms with Crippen molar-refractivity contribution in [3.05, 3.63) is 59.4 Å². The molecule has 1 aromatic carbocycles. The van der Waals surface area contributed by atoms with Gasteiger partial charge in [-0.3, -0.25) is 0 Å². The number of imidazole rings is 1. The summed E-state index contributed by atoms with van der Waals surface area (Å²) in [5.41, 5.74) is 3.62. The maximum Gasteiger partial charge on any atom is 0.127 e. The summed E-state index contributed by atoms with van der Waals surface area (Å²) in [7, 11) is 1.67. The van der Waals surface area contributed by atoms with Crippen molar-refractivity contribution >= 4 is 5.57 Å². The Kier molecular flexibility index (Phi) is 3.89. The number of ether oxygens (including phenoxy) is 2. The molecule has 0 N–H and O–H groups in total. The number of hydrogen-bond acceptors (Lipinski definition) is 3. The number of aromatic nitrogens is 2. The Morgan fingerprint density at radius 1 is 1.08 bits per heavy atom. The molecule has 1 aliphatic heterocycles. The average molecular weight is 322 g/mol. The van der Waals surface area contributed by atoms with Gasteiger partial charge in [0, 0.05) is 19.4 Å². The molecule has 4 rings (SSSR count). The Labute approximate surface area is 142 Å². The largest absolute Gasteiger partial charge is 0.497 e. The first-order chi connectivity index (χ1) is 11.7. The van der Waals surface area contributed by atoms with E-state index in [1.807, 2.05) is 24.3 Å². The molecule has 4 heteroatoms. The van der Waals surface area contributed by atoms with Gasteiger partial charge in [-0.1, -0.05) is 6.08 Å². The Morgan fingerprint density at radius 2 is 1.88 bits per heavy atom. The van der Waals surface area contributed by atoms with Crippen LogP contribution in [0.15, 0.2) is 42.2 Å². The smallest absolute Gasteiger partial charge is 0.127 e. The molecule has 0 fully saturated rings. The number of aryl methyl sites for hydroxylation is 2. The molecule has 24 heavy (non-hydrogen) atoms. The fraction of sp³-hybridized carbons (Fsp3) is 0.350. The highest BCUT2D eigenvalue weighted by atomic mass is 16.5. The lowest BCUT2D eigenvalue weighted by Crippen LogP contribution is -2.12. The lowest BCUT2D eigenvalue weighted by molar-refractivity contribution is 0.405. The quantitative estimate of drug-likeness (QED) is 0.842. The number of hydrogen-bond donors (Lipinski definition) is 0. The fourth-order valence-electron chi connectivity index (χ4n) is 3.51. The Morgan fingerprint density at radius 3 is 2.67 bits per heavy atom. The third-order valence-electron chi connectivity index (χ3n) is 4.67. The summed E-state index contributed by atoms with van der Waals surface area (Å²) in [6, 6.07) is 7.70. The monoisotopic (exact) mass is 322 g/mol. The highest BCUT2D eigenvalue weighted by Gasteiger charge is 2.21. The van der Waals surface area contributed by atoms with E-state index in [4.69, 9.17) is 14.5 Å². The van der Waals surface area contributed by atoms with E-state index in [1.54, 1.807) is 7.11 Å². The van der Waals surface area contributed by atoms with E-state index >= 15 is 0 Å². The minimum Gasteiger partial charge on any atom is -0.497 e. The third kappa shape index (κ3) is 2.73. The molecule has 0 bridgehead atoms. The van der Waals surface area contributed by atoms with Gasteiger partial charge in [0.05, 0.1) is 18.5 Å². The normalized spacial score (nSPS) is 16.4. The summed E-state index contributed by atoms with van der Waals surface area (Å²) in [4.78, 5) is 4.76. The summed E-state index contributed by atoms with van der Waals surface area (Å²) < 4.78 is 13.6. The molecule has 2 aromatic rings. The van der Waals surface area contributed by atoms with Crippen LogP contribution in [0.25, 0.3) is 5.57 Å². The maximum absolute atomic E-state index is 6.01. The van der Waals surface area contributed by atoms with E-state index in [-0.39, 0.29) is 0 Å². The third-order valence-corrected chi connectivity index (χ3v) is 4.67. The number of benzene rings is 1. The predicted octanol–water partition coefficient (Wildman–Crippen LogP) is 4.29. The number of nitrogens with zero attached hydrogens (tertiary/aromatic N) is 2. The summed E-state index contributed by atoms with van der Waals surface area (Å²) >= 11 is 0. The van der Waals surface area contributed by atoms with Gasteiger partial charge in [0.2, 0.25) is 0 Å². The van der Waals surface area contributed by atoms with E-state index in [2.05, 4.69) is 23.6 Å². The van der Waals surface area contributed by atoms with Crippen LogP contribution in [0, 0.1) is 6.92 Å². The van der Waals surface area contributed by atoms with Crippen LogP contribution in [-0.2, 0) is 13.0 Å². The molecule has 0 saturated heterocycles. The van der Waals surface area contributed by atoms with E-state index in [0.717, 1.165) is 42.3 Å². The molecule has 0 radical (unpaired) electrons. The zero-order valence-corrected chi connectivity index (χ0v) is 14.2. The SMILES string of the molecule is COc1ccc(OC2=CC(c3c(C)nc4n3CCCC4)=CC2)cc1. The number of rotatable bonds is 4. The first-order valence-electron chi connectivity index (χ1n) is 8.53. The lowest BCUT2D eigenvalue weighted by atomic mass is 10.1. The highest BCUT2D eigenvalue weighted by molar-refractivity contribution is 5.77. The van der Waals surface area contributed by atoms with Gasteiger partial charge in [-0.25, -0.2) is 4.98 Å². The zero-order chi connectivity index (χ0) is 16.5. The number of methoxy groups -OCH3 is 1. The fourth-order valence-corrected chi connectivity index (χ4v) is 3.51. The van der Waals surface area contributed by atoms with Gasteiger partial charge in [0.25, 0.3) is 0 Å². The molecule has 4 nitrogen and oxygen atoms in total. The average Bonchev–Trinajstić information content (AvgIpc) is 3.18. The van der Waals surface area contributed by atoms with Gasteiger partial charge in [0.1, 0.15) is 23.1 Å². The maximum atomic E-state index is 6.01. The summed E-state index contributed by atoms with van der Waals surface area (Å²) in [5, 5.41) is 0. The van der Waals surface area contributed by atoms with Crippen LogP contribution in [0.5, 0.6) is 11.5 Å². The van der Waals surface area contributed by atoms with Crippen LogP contribution < -0.4 is 9.47 Å². The summed E-state index contributed by atoms with van der Waals surface area (Å²) in [5.74, 6) is 3.88. The van der Waals surface area contributed by atoms with Crippen molar-refractivity contribution in [2.24, 2.45) is 0 Å². The molecule has 2 heterocycles. The minimum atomic E-state index is 0.821. The van der Waals surface area contributed by atoms with Crippen molar-refractivity contribution < 1.29 is 9.47 Å². The van der Waals surface area contributed by atoms with Crippen molar-refractivity contribution in [2.45, 2.75) is 39.2 Å². The van der Waals surface area contributed by atoms with Crippen molar-refractivity contribution in [3.63, 3.8) is 0 Å². The number of fused-ring (bicyclic) bond motifs is 1. The molecule has 124 valence electrons. The second-order valence-corrected chi connectivity index (χ2v) is 6.32. The Balaban J connectivity index is 1.55. The van der Waals surface area contributed by atoms with Crippen molar-refractivity contribution in [1.82, 2.24) is 9.55 Å². The lowest BCUT2D eigenvalue weighted by Gasteiger charge is -2.16. The molecule has 1 aliphatic carbocycles. The van der Waals surface area contributed by atoms with Gasteiger partial charge in [-0.15, -0.1) is 0 Å². The summed E-state index contributed by atoms with van der Waals surface area (Å²) in [6.07, 6.45) is 8.79. The van der Waals surface area contributed by atoms with E-state index in [0.29, 0.717) is 0 Å². The molecular weight excluding hydrogens is 300 g/mol. The van der Waals surface area contributed by atoms with Gasteiger partial charge in [-0.2, -0.15) is 0 Å². The van der Waals surface area contributed by atoms with E-state index < -0.39 is 0 Å². The Bertz CT molecular complexity index is 813. The molecule has 2 aliphatic rings. The first-order valence-corrected chi connectivity index (χ1v) is 8.53. The Hall–Kier alpha value is -2.49. The number of allylic oxidation sites excluding steroid dienone is 3. The predicted molar refractivity (Wildman–Crippen MR) is 94.2 cm³/mol. The van der Waals surface area contributed by atoms with Crippen LogP contribution in [-0.4, -0.2) is 16.7 Å². The molecule has 0 saturated carbocycles. The highest BCUT2D eigenvalue weighted by Crippen LogP contribution is 2.32. The van der Waals surface area contributed by atoms with Gasteiger partial charge in [-0.05, 0) is 55.7 Å².